The fourth-order valence-corrected chi connectivity index (χ4v) is 2.56. The van der Waals surface area contributed by atoms with Gasteiger partial charge in [-0.1, -0.05) is 0 Å². The second kappa shape index (κ2) is 7.43. The lowest BCUT2D eigenvalue weighted by atomic mass is 10.1. The second-order valence-corrected chi connectivity index (χ2v) is 5.40. The number of hydrogen-bond donors (Lipinski definition) is 0. The number of rotatable bonds is 5. The molecule has 0 aromatic heterocycles. The molecule has 2 amide bonds. The summed E-state index contributed by atoms with van der Waals surface area (Å²) in [4.78, 5) is 58.4. The number of carbonyl (C=O) groups is 5. The fraction of sp³-hybridized carbons (Fsp3) is 0.533. The van der Waals surface area contributed by atoms with Crippen LogP contribution in [0.3, 0.4) is 0 Å². The van der Waals surface area contributed by atoms with Crippen molar-refractivity contribution in [3.8, 4) is 0 Å². The third-order valence-electron chi connectivity index (χ3n) is 3.44. The van der Waals surface area contributed by atoms with E-state index in [1.165, 1.54) is 6.92 Å². The first-order chi connectivity index (χ1) is 11.7. The Bertz CT molecular complexity index is 623. The summed E-state index contributed by atoms with van der Waals surface area (Å²) in [6.45, 7) is 3.11. The summed E-state index contributed by atoms with van der Waals surface area (Å²) in [6.07, 6.45) is -2.68. The molecule has 0 aromatic carbocycles. The lowest BCUT2D eigenvalue weighted by molar-refractivity contribution is -0.172. The van der Waals surface area contributed by atoms with Gasteiger partial charge in [0.1, 0.15) is 12.7 Å². The number of ether oxygens (including phenoxy) is 4. The van der Waals surface area contributed by atoms with Crippen molar-refractivity contribution in [2.75, 3.05) is 6.61 Å². The Morgan fingerprint density at radius 2 is 1.48 bits per heavy atom. The molecule has 2 aliphatic heterocycles. The van der Waals surface area contributed by atoms with Crippen molar-refractivity contribution in [2.24, 2.45) is 0 Å². The van der Waals surface area contributed by atoms with Crippen molar-refractivity contribution < 1.29 is 42.9 Å². The van der Waals surface area contributed by atoms with Crippen molar-refractivity contribution >= 4 is 29.7 Å². The molecule has 1 saturated heterocycles. The first-order valence-corrected chi connectivity index (χ1v) is 7.39. The van der Waals surface area contributed by atoms with Crippen molar-refractivity contribution in [1.82, 2.24) is 4.90 Å². The van der Waals surface area contributed by atoms with E-state index in [-0.39, 0.29) is 6.61 Å². The number of nitrogens with zero attached hydrogens (tertiary/aromatic N) is 1. The van der Waals surface area contributed by atoms with Crippen LogP contribution in [0.1, 0.15) is 20.8 Å². The second-order valence-electron chi connectivity index (χ2n) is 5.40. The predicted octanol–water partition coefficient (Wildman–Crippen LogP) is -0.937. The molecule has 0 aliphatic carbocycles. The summed E-state index contributed by atoms with van der Waals surface area (Å²) in [5.74, 6) is -3.36. The van der Waals surface area contributed by atoms with Gasteiger partial charge >= 0.3 is 17.9 Å². The Hall–Kier alpha value is -2.75. The largest absolute Gasteiger partial charge is 0.463 e. The van der Waals surface area contributed by atoms with Gasteiger partial charge in [0.05, 0.1) is 0 Å². The number of esters is 3. The minimum absolute atomic E-state index is 0.314. The van der Waals surface area contributed by atoms with E-state index in [0.29, 0.717) is 0 Å². The maximum atomic E-state index is 11.9. The molecule has 4 atom stereocenters. The molecule has 0 spiro atoms. The molecule has 0 bridgehead atoms. The molecule has 25 heavy (non-hydrogen) atoms. The van der Waals surface area contributed by atoms with Crippen LogP contribution in [-0.4, -0.2) is 65.8 Å². The highest BCUT2D eigenvalue weighted by Gasteiger charge is 2.54. The first-order valence-electron chi connectivity index (χ1n) is 7.39. The number of imide groups is 1. The van der Waals surface area contributed by atoms with E-state index in [2.05, 4.69) is 0 Å². The Labute approximate surface area is 142 Å². The highest BCUT2D eigenvalue weighted by molar-refractivity contribution is 6.13. The van der Waals surface area contributed by atoms with E-state index in [1.807, 2.05) is 0 Å². The summed E-state index contributed by atoms with van der Waals surface area (Å²) in [6, 6.07) is 0. The maximum absolute atomic E-state index is 11.9. The van der Waals surface area contributed by atoms with Gasteiger partial charge in [-0.15, -0.1) is 0 Å². The van der Waals surface area contributed by atoms with Crippen LogP contribution in [0.5, 0.6) is 0 Å². The van der Waals surface area contributed by atoms with Crippen molar-refractivity contribution in [3.05, 3.63) is 12.2 Å². The van der Waals surface area contributed by atoms with Crippen molar-refractivity contribution in [2.45, 2.75) is 45.3 Å². The summed E-state index contributed by atoms with van der Waals surface area (Å²) in [5.41, 5.74) is 0. The molecule has 1 fully saturated rings. The Balaban J connectivity index is 2.31. The van der Waals surface area contributed by atoms with E-state index < -0.39 is 54.3 Å². The third kappa shape index (κ3) is 4.21. The lowest BCUT2D eigenvalue weighted by Gasteiger charge is -2.27. The standard InChI is InChI=1S/C15H17NO9/c1-7(17)22-6-10-13(23-8(2)18)14(24-9(3)19)15(25-10)16-11(20)4-5-12(16)21/h4-5,10,13-15H,6H2,1-3H3/t10-,13-,14-,15+/m0/s1. The van der Waals surface area contributed by atoms with Crippen molar-refractivity contribution in [1.29, 1.82) is 0 Å². The van der Waals surface area contributed by atoms with Gasteiger partial charge in [0.2, 0.25) is 0 Å². The zero-order chi connectivity index (χ0) is 18.7. The molecule has 2 aliphatic rings. The molecule has 10 nitrogen and oxygen atoms in total. The monoisotopic (exact) mass is 355 g/mol. The van der Waals surface area contributed by atoms with Crippen LogP contribution >= 0.6 is 0 Å². The van der Waals surface area contributed by atoms with Gasteiger partial charge in [-0.25, -0.2) is 4.90 Å². The van der Waals surface area contributed by atoms with Crippen LogP contribution in [0.25, 0.3) is 0 Å². The van der Waals surface area contributed by atoms with E-state index in [4.69, 9.17) is 18.9 Å². The van der Waals surface area contributed by atoms with Gasteiger partial charge < -0.3 is 18.9 Å². The average Bonchev–Trinajstić information content (AvgIpc) is 2.97. The quantitative estimate of drug-likeness (QED) is 0.349. The van der Waals surface area contributed by atoms with Crippen LogP contribution in [0, 0.1) is 0 Å². The van der Waals surface area contributed by atoms with Crippen LogP contribution in [0.4, 0.5) is 0 Å². The van der Waals surface area contributed by atoms with Gasteiger partial charge in [0.15, 0.2) is 18.4 Å². The van der Waals surface area contributed by atoms with Gasteiger partial charge in [-0.2, -0.15) is 0 Å². The topological polar surface area (TPSA) is 126 Å². The van der Waals surface area contributed by atoms with Gasteiger partial charge in [-0.05, 0) is 0 Å². The molecule has 0 radical (unpaired) electrons. The zero-order valence-electron chi connectivity index (χ0n) is 13.8. The Morgan fingerprint density at radius 1 is 0.960 bits per heavy atom. The summed E-state index contributed by atoms with van der Waals surface area (Å²) < 4.78 is 20.7. The Morgan fingerprint density at radius 3 is 1.96 bits per heavy atom. The minimum Gasteiger partial charge on any atom is -0.463 e. The number of amides is 2. The highest BCUT2D eigenvalue weighted by Crippen LogP contribution is 2.31. The molecule has 0 unspecified atom stereocenters. The Kier molecular flexibility index (Phi) is 5.52. The van der Waals surface area contributed by atoms with Crippen LogP contribution in [0.15, 0.2) is 12.2 Å². The molecule has 0 saturated carbocycles. The van der Waals surface area contributed by atoms with Gasteiger partial charge in [-0.3, -0.25) is 24.0 Å². The average molecular weight is 355 g/mol. The van der Waals surface area contributed by atoms with Crippen LogP contribution in [0.2, 0.25) is 0 Å². The summed E-state index contributed by atoms with van der Waals surface area (Å²) >= 11 is 0. The highest BCUT2D eigenvalue weighted by atomic mass is 16.7. The minimum atomic E-state index is -1.32. The smallest absolute Gasteiger partial charge is 0.303 e. The van der Waals surface area contributed by atoms with Crippen LogP contribution in [-0.2, 0) is 42.9 Å². The SMILES string of the molecule is CC(=O)OC[C@@H]1O[C@@H](N2C(=O)C=CC2=O)[C@@H](OC(C)=O)[C@H]1OC(C)=O. The molecular weight excluding hydrogens is 338 g/mol. The van der Waals surface area contributed by atoms with E-state index >= 15 is 0 Å². The van der Waals surface area contributed by atoms with E-state index in [1.54, 1.807) is 0 Å². The fourth-order valence-electron chi connectivity index (χ4n) is 2.56. The molecule has 10 heteroatoms. The van der Waals surface area contributed by atoms with E-state index in [0.717, 1.165) is 30.9 Å². The summed E-state index contributed by atoms with van der Waals surface area (Å²) in [5, 5.41) is 0. The number of hydrogen-bond acceptors (Lipinski definition) is 9. The van der Waals surface area contributed by atoms with E-state index in [9.17, 15) is 24.0 Å². The molecule has 0 aromatic rings. The first kappa shape index (κ1) is 18.6. The molecule has 136 valence electrons. The van der Waals surface area contributed by atoms with Crippen LogP contribution < -0.4 is 0 Å². The van der Waals surface area contributed by atoms with Crippen molar-refractivity contribution in [3.63, 3.8) is 0 Å². The maximum Gasteiger partial charge on any atom is 0.303 e. The molecule has 2 heterocycles. The molecule has 2 rings (SSSR count). The van der Waals surface area contributed by atoms with Gasteiger partial charge in [0.25, 0.3) is 11.8 Å². The molecular formula is C15H17NO9. The summed E-state index contributed by atoms with van der Waals surface area (Å²) in [7, 11) is 0. The lowest BCUT2D eigenvalue weighted by Crippen LogP contribution is -2.49. The predicted molar refractivity (Wildman–Crippen MR) is 77.4 cm³/mol. The molecule has 0 N–H and O–H groups in total. The van der Waals surface area contributed by atoms with Gasteiger partial charge in [0, 0.05) is 32.9 Å². The normalized spacial score (nSPS) is 28.2. The third-order valence-corrected chi connectivity index (χ3v) is 3.44. The number of carbonyl (C=O) groups excluding carboxylic acids is 5. The zero-order valence-corrected chi connectivity index (χ0v) is 13.8.